The van der Waals surface area contributed by atoms with Crippen LogP contribution in [0.25, 0.3) is 0 Å². The van der Waals surface area contributed by atoms with Gasteiger partial charge < -0.3 is 18.9 Å². The fourth-order valence-electron chi connectivity index (χ4n) is 2.54. The number of rotatable bonds is 10. The molecule has 2 aromatic carbocycles. The maximum Gasteiger partial charge on any atom is 0.277 e. The van der Waals surface area contributed by atoms with Crippen molar-refractivity contribution in [1.29, 1.82) is 0 Å². The third-order valence-electron chi connectivity index (χ3n) is 3.82. The van der Waals surface area contributed by atoms with Gasteiger partial charge in [0.1, 0.15) is 5.75 Å². The summed E-state index contributed by atoms with van der Waals surface area (Å²) in [5, 5.41) is 3.96. The topological polar surface area (TPSA) is 78.4 Å². The van der Waals surface area contributed by atoms with Crippen molar-refractivity contribution in [2.24, 2.45) is 5.10 Å². The van der Waals surface area contributed by atoms with Crippen LogP contribution in [0.2, 0.25) is 0 Å². The van der Waals surface area contributed by atoms with E-state index in [2.05, 4.69) is 17.1 Å². The highest BCUT2D eigenvalue weighted by Gasteiger charge is 2.14. The molecule has 0 radical (unpaired) electrons. The molecule has 148 valence electrons. The normalized spacial score (nSPS) is 10.4. The molecule has 2 aromatic rings. The van der Waals surface area contributed by atoms with E-state index < -0.39 is 0 Å². The van der Waals surface area contributed by atoms with Crippen LogP contribution in [-0.2, 0) is 11.2 Å². The van der Waals surface area contributed by atoms with Gasteiger partial charge in [0.15, 0.2) is 18.1 Å². The van der Waals surface area contributed by atoms with Crippen LogP contribution in [0.15, 0.2) is 54.2 Å². The van der Waals surface area contributed by atoms with Crippen molar-refractivity contribution in [3.63, 3.8) is 0 Å². The first-order valence-corrected chi connectivity index (χ1v) is 8.57. The molecular weight excluding hydrogens is 360 g/mol. The molecule has 0 unspecified atom stereocenters. The molecule has 7 heteroatoms. The molecular formula is C21H24N2O5. The quantitative estimate of drug-likeness (QED) is 0.387. The lowest BCUT2D eigenvalue weighted by molar-refractivity contribution is -0.123. The largest absolute Gasteiger partial charge is 0.493 e. The summed E-state index contributed by atoms with van der Waals surface area (Å²) in [6, 6.07) is 11.0. The summed E-state index contributed by atoms with van der Waals surface area (Å²) in [7, 11) is 4.57. The van der Waals surface area contributed by atoms with Gasteiger partial charge in [-0.25, -0.2) is 5.43 Å². The van der Waals surface area contributed by atoms with Crippen molar-refractivity contribution < 1.29 is 23.7 Å². The zero-order chi connectivity index (χ0) is 20.4. The number of ether oxygens (including phenoxy) is 4. The first-order chi connectivity index (χ1) is 13.6. The molecule has 0 bridgehead atoms. The Hall–Kier alpha value is -3.48. The Balaban J connectivity index is 1.99. The number of para-hydroxylation sites is 1. The second-order valence-electron chi connectivity index (χ2n) is 5.61. The van der Waals surface area contributed by atoms with Gasteiger partial charge in [0.25, 0.3) is 5.91 Å². The number of carbonyl (C=O) groups excluding carboxylic acids is 1. The molecule has 0 atom stereocenters. The molecule has 0 fully saturated rings. The molecule has 0 saturated carbocycles. The number of hydrogen-bond acceptors (Lipinski definition) is 6. The lowest BCUT2D eigenvalue weighted by Gasteiger charge is -2.13. The molecule has 0 heterocycles. The lowest BCUT2D eigenvalue weighted by atomic mass is 10.1. The lowest BCUT2D eigenvalue weighted by Crippen LogP contribution is -2.24. The zero-order valence-corrected chi connectivity index (χ0v) is 16.2. The molecule has 1 N–H and O–H groups in total. The van der Waals surface area contributed by atoms with Crippen LogP contribution >= 0.6 is 0 Å². The van der Waals surface area contributed by atoms with Gasteiger partial charge in [0, 0.05) is 5.56 Å². The fourth-order valence-corrected chi connectivity index (χ4v) is 2.54. The van der Waals surface area contributed by atoms with E-state index in [1.807, 2.05) is 24.3 Å². The summed E-state index contributed by atoms with van der Waals surface area (Å²) < 4.78 is 21.5. The van der Waals surface area contributed by atoms with Gasteiger partial charge in [-0.1, -0.05) is 24.3 Å². The molecule has 0 aliphatic carbocycles. The van der Waals surface area contributed by atoms with E-state index in [0.29, 0.717) is 35.0 Å². The number of hydrazone groups is 1. The second-order valence-corrected chi connectivity index (χ2v) is 5.61. The van der Waals surface area contributed by atoms with Crippen molar-refractivity contribution >= 4 is 12.1 Å². The van der Waals surface area contributed by atoms with Crippen LogP contribution in [0.3, 0.4) is 0 Å². The smallest absolute Gasteiger partial charge is 0.277 e. The van der Waals surface area contributed by atoms with Gasteiger partial charge in [-0.05, 0) is 30.2 Å². The van der Waals surface area contributed by atoms with E-state index in [1.165, 1.54) is 20.4 Å². The number of nitrogens with one attached hydrogen (secondary N) is 1. The van der Waals surface area contributed by atoms with Gasteiger partial charge in [0.2, 0.25) is 5.75 Å². The SMILES string of the molecule is C=CCc1ccccc1OCC(=O)NN=Cc1ccc(OC)c(OC)c1OC. The van der Waals surface area contributed by atoms with Crippen molar-refractivity contribution in [3.8, 4) is 23.0 Å². The maximum atomic E-state index is 12.0. The fraction of sp³-hybridized carbons (Fsp3) is 0.238. The summed E-state index contributed by atoms with van der Waals surface area (Å²) in [4.78, 5) is 12.0. The first kappa shape index (κ1) is 20.8. The van der Waals surface area contributed by atoms with Crippen LogP contribution in [0.4, 0.5) is 0 Å². The van der Waals surface area contributed by atoms with Crippen LogP contribution in [0, 0.1) is 0 Å². The molecule has 0 spiro atoms. The van der Waals surface area contributed by atoms with Gasteiger partial charge in [-0.3, -0.25) is 4.79 Å². The average molecular weight is 384 g/mol. The average Bonchev–Trinajstić information content (AvgIpc) is 2.72. The van der Waals surface area contributed by atoms with Crippen LogP contribution in [0.5, 0.6) is 23.0 Å². The molecule has 0 aliphatic heterocycles. The van der Waals surface area contributed by atoms with Crippen LogP contribution in [0.1, 0.15) is 11.1 Å². The highest BCUT2D eigenvalue weighted by atomic mass is 16.5. The Morgan fingerprint density at radius 1 is 1.04 bits per heavy atom. The van der Waals surface area contributed by atoms with Crippen LogP contribution < -0.4 is 24.4 Å². The molecule has 28 heavy (non-hydrogen) atoms. The number of methoxy groups -OCH3 is 3. The molecule has 1 amide bonds. The Morgan fingerprint density at radius 2 is 1.79 bits per heavy atom. The highest BCUT2D eigenvalue weighted by molar-refractivity contribution is 5.87. The number of benzene rings is 2. The van der Waals surface area contributed by atoms with E-state index in [9.17, 15) is 4.79 Å². The molecule has 0 aromatic heterocycles. The molecule has 2 rings (SSSR count). The number of amides is 1. The number of allylic oxidation sites excluding steroid dienone is 1. The number of nitrogens with zero attached hydrogens (tertiary/aromatic N) is 1. The van der Waals surface area contributed by atoms with Gasteiger partial charge in [-0.2, -0.15) is 5.10 Å². The summed E-state index contributed by atoms with van der Waals surface area (Å²) in [5.41, 5.74) is 4.01. The van der Waals surface area contributed by atoms with Gasteiger partial charge >= 0.3 is 0 Å². The first-order valence-electron chi connectivity index (χ1n) is 8.57. The van der Waals surface area contributed by atoms with Crippen molar-refractivity contribution in [2.75, 3.05) is 27.9 Å². The van der Waals surface area contributed by atoms with Crippen LogP contribution in [-0.4, -0.2) is 40.1 Å². The number of carbonyl (C=O) groups is 1. The summed E-state index contributed by atoms with van der Waals surface area (Å²) in [5.74, 6) is 1.69. The Bertz CT molecular complexity index is 849. The predicted molar refractivity (Wildman–Crippen MR) is 108 cm³/mol. The van der Waals surface area contributed by atoms with E-state index in [1.54, 1.807) is 25.3 Å². The van der Waals surface area contributed by atoms with Crippen molar-refractivity contribution in [3.05, 3.63) is 60.2 Å². The minimum Gasteiger partial charge on any atom is -0.493 e. The Kier molecular flexibility index (Phi) is 7.90. The Labute approximate surface area is 164 Å². The minimum absolute atomic E-state index is 0.158. The summed E-state index contributed by atoms with van der Waals surface area (Å²) in [6.07, 6.45) is 3.91. The predicted octanol–water partition coefficient (Wildman–Crippen LogP) is 2.97. The third-order valence-corrected chi connectivity index (χ3v) is 3.82. The number of hydrogen-bond donors (Lipinski definition) is 1. The van der Waals surface area contributed by atoms with E-state index in [-0.39, 0.29) is 12.5 Å². The standard InChI is InChI=1S/C21H24N2O5/c1-5-8-15-9-6-7-10-17(15)28-14-19(24)23-22-13-16-11-12-18(25-2)21(27-4)20(16)26-3/h5-7,9-13H,1,8,14H2,2-4H3,(H,23,24). The zero-order valence-electron chi connectivity index (χ0n) is 16.2. The van der Waals surface area contributed by atoms with Crippen molar-refractivity contribution in [2.45, 2.75) is 6.42 Å². The van der Waals surface area contributed by atoms with Crippen molar-refractivity contribution in [1.82, 2.24) is 5.43 Å². The molecule has 0 aliphatic rings. The summed E-state index contributed by atoms with van der Waals surface area (Å²) >= 11 is 0. The van der Waals surface area contributed by atoms with Gasteiger partial charge in [-0.15, -0.1) is 6.58 Å². The highest BCUT2D eigenvalue weighted by Crippen LogP contribution is 2.38. The van der Waals surface area contributed by atoms with Gasteiger partial charge in [0.05, 0.1) is 27.5 Å². The maximum absolute atomic E-state index is 12.0. The summed E-state index contributed by atoms with van der Waals surface area (Å²) in [6.45, 7) is 3.56. The molecule has 7 nitrogen and oxygen atoms in total. The van der Waals surface area contributed by atoms with E-state index in [4.69, 9.17) is 18.9 Å². The Morgan fingerprint density at radius 3 is 2.46 bits per heavy atom. The second kappa shape index (κ2) is 10.6. The van der Waals surface area contributed by atoms with E-state index in [0.717, 1.165) is 5.56 Å². The van der Waals surface area contributed by atoms with E-state index >= 15 is 0 Å². The minimum atomic E-state index is -0.385. The molecule has 0 saturated heterocycles. The third kappa shape index (κ3) is 5.26. The monoisotopic (exact) mass is 384 g/mol.